The second kappa shape index (κ2) is 8.23. The third-order valence-corrected chi connectivity index (χ3v) is 4.43. The Morgan fingerprint density at radius 2 is 2.11 bits per heavy atom. The number of ether oxygens (including phenoxy) is 1. The molecule has 1 aliphatic heterocycles. The summed E-state index contributed by atoms with van der Waals surface area (Å²) in [6.07, 6.45) is 3.59. The van der Waals surface area contributed by atoms with Crippen molar-refractivity contribution in [3.05, 3.63) is 0 Å². The Morgan fingerprint density at radius 3 is 2.74 bits per heavy atom. The zero-order valence-electron chi connectivity index (χ0n) is 13.7. The van der Waals surface area contributed by atoms with Gasteiger partial charge in [0.2, 0.25) is 0 Å². The summed E-state index contributed by atoms with van der Waals surface area (Å²) >= 11 is 0. The molecule has 19 heavy (non-hydrogen) atoms. The first kappa shape index (κ1) is 16.9. The summed E-state index contributed by atoms with van der Waals surface area (Å²) in [6, 6.07) is 0.662. The van der Waals surface area contributed by atoms with Crippen LogP contribution in [-0.2, 0) is 4.74 Å². The van der Waals surface area contributed by atoms with Crippen molar-refractivity contribution >= 4 is 0 Å². The summed E-state index contributed by atoms with van der Waals surface area (Å²) in [4.78, 5) is 2.60. The van der Waals surface area contributed by atoms with Crippen LogP contribution in [0.25, 0.3) is 0 Å². The van der Waals surface area contributed by atoms with Gasteiger partial charge in [0, 0.05) is 31.3 Å². The van der Waals surface area contributed by atoms with Crippen molar-refractivity contribution in [3.8, 4) is 0 Å². The Kier molecular flexibility index (Phi) is 7.33. The van der Waals surface area contributed by atoms with Gasteiger partial charge in [-0.25, -0.2) is 0 Å². The predicted molar refractivity (Wildman–Crippen MR) is 82.6 cm³/mol. The smallest absolute Gasteiger partial charge is 0.0593 e. The summed E-state index contributed by atoms with van der Waals surface area (Å²) in [5.74, 6) is 0.740. The molecule has 0 saturated carbocycles. The highest BCUT2D eigenvalue weighted by Gasteiger charge is 2.29. The molecule has 0 aromatic heterocycles. The van der Waals surface area contributed by atoms with E-state index in [9.17, 15) is 0 Å². The monoisotopic (exact) mass is 270 g/mol. The van der Waals surface area contributed by atoms with Crippen molar-refractivity contribution in [2.24, 2.45) is 5.92 Å². The van der Waals surface area contributed by atoms with E-state index >= 15 is 0 Å². The van der Waals surface area contributed by atoms with Gasteiger partial charge >= 0.3 is 0 Å². The fourth-order valence-corrected chi connectivity index (χ4v) is 2.56. The number of nitrogens with zero attached hydrogens (tertiary/aromatic N) is 1. The highest BCUT2D eigenvalue weighted by Crippen LogP contribution is 2.18. The van der Waals surface area contributed by atoms with Crippen molar-refractivity contribution in [2.75, 3.05) is 32.8 Å². The molecule has 1 fully saturated rings. The molecule has 1 aliphatic rings. The van der Waals surface area contributed by atoms with Gasteiger partial charge in [-0.2, -0.15) is 0 Å². The van der Waals surface area contributed by atoms with Crippen molar-refractivity contribution in [3.63, 3.8) is 0 Å². The second-order valence-corrected chi connectivity index (χ2v) is 6.74. The lowest BCUT2D eigenvalue weighted by molar-refractivity contribution is 0.0761. The van der Waals surface area contributed by atoms with Crippen LogP contribution in [0, 0.1) is 5.92 Å². The molecule has 0 amide bonds. The normalized spacial score (nSPS) is 29.7. The van der Waals surface area contributed by atoms with Gasteiger partial charge in [-0.15, -0.1) is 0 Å². The summed E-state index contributed by atoms with van der Waals surface area (Å²) in [5, 5.41) is 3.70. The SMILES string of the molecule is CCC1(C)CN(CCOCCC(C)C)C(C)CCN1. The Hall–Kier alpha value is -0.120. The number of nitrogens with one attached hydrogen (secondary N) is 1. The summed E-state index contributed by atoms with van der Waals surface area (Å²) in [5.41, 5.74) is 0.267. The fourth-order valence-electron chi connectivity index (χ4n) is 2.56. The standard InChI is InChI=1S/C16H34N2O/c1-6-16(5)13-18(15(4)7-9-17-16)10-12-19-11-8-14(2)3/h14-15,17H,6-13H2,1-5H3. The van der Waals surface area contributed by atoms with E-state index in [4.69, 9.17) is 4.74 Å². The molecular formula is C16H34N2O. The van der Waals surface area contributed by atoms with E-state index in [2.05, 4.69) is 44.8 Å². The first-order valence-electron chi connectivity index (χ1n) is 8.03. The molecule has 0 aromatic carbocycles. The third kappa shape index (κ3) is 6.24. The van der Waals surface area contributed by atoms with E-state index < -0.39 is 0 Å². The Labute approximate surface area is 120 Å². The van der Waals surface area contributed by atoms with Crippen LogP contribution in [0.3, 0.4) is 0 Å². The fraction of sp³-hybridized carbons (Fsp3) is 1.00. The average molecular weight is 270 g/mol. The van der Waals surface area contributed by atoms with E-state index in [1.165, 1.54) is 19.3 Å². The maximum absolute atomic E-state index is 5.78. The first-order chi connectivity index (χ1) is 8.97. The van der Waals surface area contributed by atoms with Crippen LogP contribution in [-0.4, -0.2) is 49.3 Å². The quantitative estimate of drug-likeness (QED) is 0.720. The topological polar surface area (TPSA) is 24.5 Å². The highest BCUT2D eigenvalue weighted by atomic mass is 16.5. The molecule has 1 N–H and O–H groups in total. The van der Waals surface area contributed by atoms with E-state index in [-0.39, 0.29) is 5.54 Å². The molecule has 114 valence electrons. The molecule has 0 bridgehead atoms. The maximum atomic E-state index is 5.78. The van der Waals surface area contributed by atoms with E-state index in [0.717, 1.165) is 38.8 Å². The Bertz CT molecular complexity index is 245. The summed E-state index contributed by atoms with van der Waals surface area (Å²) in [7, 11) is 0. The van der Waals surface area contributed by atoms with Crippen LogP contribution in [0.2, 0.25) is 0 Å². The maximum Gasteiger partial charge on any atom is 0.0593 e. The summed E-state index contributed by atoms with van der Waals surface area (Å²) in [6.45, 7) is 16.6. The zero-order chi connectivity index (χ0) is 14.3. The molecule has 0 aliphatic carbocycles. The molecule has 1 saturated heterocycles. The number of hydrogen-bond donors (Lipinski definition) is 1. The lowest BCUT2D eigenvalue weighted by Gasteiger charge is -2.34. The average Bonchev–Trinajstić information content (AvgIpc) is 2.49. The minimum Gasteiger partial charge on any atom is -0.380 e. The Morgan fingerprint density at radius 1 is 1.37 bits per heavy atom. The molecule has 3 nitrogen and oxygen atoms in total. The van der Waals surface area contributed by atoms with E-state index in [1.807, 2.05) is 0 Å². The van der Waals surface area contributed by atoms with Gasteiger partial charge in [0.05, 0.1) is 6.61 Å². The van der Waals surface area contributed by atoms with Crippen molar-refractivity contribution in [1.82, 2.24) is 10.2 Å². The second-order valence-electron chi connectivity index (χ2n) is 6.74. The number of rotatable bonds is 7. The molecule has 3 heteroatoms. The number of hydrogen-bond acceptors (Lipinski definition) is 3. The highest BCUT2D eigenvalue weighted by molar-refractivity contribution is 4.90. The third-order valence-electron chi connectivity index (χ3n) is 4.43. The molecule has 0 radical (unpaired) electrons. The molecule has 0 aromatic rings. The van der Waals surface area contributed by atoms with Gasteiger partial charge in [0.1, 0.15) is 0 Å². The van der Waals surface area contributed by atoms with E-state index in [1.54, 1.807) is 0 Å². The van der Waals surface area contributed by atoms with Crippen LogP contribution in [0.4, 0.5) is 0 Å². The van der Waals surface area contributed by atoms with Gasteiger partial charge in [-0.1, -0.05) is 20.8 Å². The van der Waals surface area contributed by atoms with Gasteiger partial charge in [0.15, 0.2) is 0 Å². The van der Waals surface area contributed by atoms with Crippen molar-refractivity contribution < 1.29 is 4.74 Å². The lowest BCUT2D eigenvalue weighted by atomic mass is 9.98. The van der Waals surface area contributed by atoms with Crippen LogP contribution in [0.5, 0.6) is 0 Å². The zero-order valence-corrected chi connectivity index (χ0v) is 13.7. The van der Waals surface area contributed by atoms with Crippen LogP contribution < -0.4 is 5.32 Å². The molecule has 1 heterocycles. The van der Waals surface area contributed by atoms with Crippen LogP contribution >= 0.6 is 0 Å². The Balaban J connectivity index is 2.32. The largest absolute Gasteiger partial charge is 0.380 e. The minimum absolute atomic E-state index is 0.267. The van der Waals surface area contributed by atoms with Crippen LogP contribution in [0.15, 0.2) is 0 Å². The predicted octanol–water partition coefficient (Wildman–Crippen LogP) is 2.90. The van der Waals surface area contributed by atoms with Gasteiger partial charge in [-0.05, 0) is 45.6 Å². The molecule has 1 rings (SSSR count). The molecular weight excluding hydrogens is 236 g/mol. The van der Waals surface area contributed by atoms with Crippen LogP contribution in [0.1, 0.15) is 53.9 Å². The molecule has 0 spiro atoms. The van der Waals surface area contributed by atoms with Crippen molar-refractivity contribution in [2.45, 2.75) is 65.5 Å². The van der Waals surface area contributed by atoms with Crippen molar-refractivity contribution in [1.29, 1.82) is 0 Å². The van der Waals surface area contributed by atoms with Gasteiger partial charge in [-0.3, -0.25) is 4.90 Å². The minimum atomic E-state index is 0.267. The first-order valence-corrected chi connectivity index (χ1v) is 8.03. The molecule has 2 atom stereocenters. The van der Waals surface area contributed by atoms with Gasteiger partial charge < -0.3 is 10.1 Å². The van der Waals surface area contributed by atoms with Gasteiger partial charge in [0.25, 0.3) is 0 Å². The van der Waals surface area contributed by atoms with E-state index in [0.29, 0.717) is 6.04 Å². The molecule has 2 unspecified atom stereocenters. The lowest BCUT2D eigenvalue weighted by Crippen LogP contribution is -2.50. The summed E-state index contributed by atoms with van der Waals surface area (Å²) < 4.78 is 5.78.